The van der Waals surface area contributed by atoms with Crippen LogP contribution in [0.4, 0.5) is 5.13 Å². The Morgan fingerprint density at radius 3 is 2.79 bits per heavy atom. The lowest BCUT2D eigenvalue weighted by atomic mass is 10.2. The third-order valence-electron chi connectivity index (χ3n) is 3.58. The quantitative estimate of drug-likeness (QED) is 0.702. The Labute approximate surface area is 149 Å². The van der Waals surface area contributed by atoms with Gasteiger partial charge in [-0.05, 0) is 37.5 Å². The highest BCUT2D eigenvalue weighted by atomic mass is 32.2. The molecular formula is C16H20N4O2S2. The third kappa shape index (κ3) is 4.85. The maximum absolute atomic E-state index is 12.0. The van der Waals surface area contributed by atoms with E-state index in [9.17, 15) is 4.79 Å². The van der Waals surface area contributed by atoms with E-state index in [0.29, 0.717) is 12.6 Å². The van der Waals surface area contributed by atoms with E-state index in [2.05, 4.69) is 20.8 Å². The van der Waals surface area contributed by atoms with Gasteiger partial charge < -0.3 is 15.4 Å². The van der Waals surface area contributed by atoms with Gasteiger partial charge >= 0.3 is 0 Å². The number of hydrogen-bond donors (Lipinski definition) is 2. The normalized spacial score (nSPS) is 14.9. The molecule has 0 unspecified atom stereocenters. The highest BCUT2D eigenvalue weighted by Crippen LogP contribution is 2.30. The van der Waals surface area contributed by atoms with E-state index in [0.717, 1.165) is 33.6 Å². The maximum Gasteiger partial charge on any atom is 0.233 e. The summed E-state index contributed by atoms with van der Waals surface area (Å²) in [4.78, 5) is 12.0. The number of carbonyl (C=O) groups is 1. The highest BCUT2D eigenvalue weighted by molar-refractivity contribution is 8.02. The Balaban J connectivity index is 1.48. The lowest BCUT2D eigenvalue weighted by molar-refractivity contribution is -0.120. The lowest BCUT2D eigenvalue weighted by Crippen LogP contribution is -2.32. The van der Waals surface area contributed by atoms with Crippen molar-refractivity contribution in [2.75, 3.05) is 12.4 Å². The van der Waals surface area contributed by atoms with Crippen LogP contribution in [0.5, 0.6) is 5.75 Å². The van der Waals surface area contributed by atoms with Crippen LogP contribution >= 0.6 is 23.1 Å². The number of methoxy groups -OCH3 is 1. The Kier molecular flexibility index (Phi) is 5.57. The van der Waals surface area contributed by atoms with Gasteiger partial charge in [0.25, 0.3) is 0 Å². The zero-order chi connectivity index (χ0) is 16.9. The Bertz CT molecular complexity index is 686. The SMILES string of the molecule is COc1ccc(CNc2nnc(S[C@H](C)C(=O)NC3CC3)s2)cc1. The van der Waals surface area contributed by atoms with E-state index in [1.807, 2.05) is 31.2 Å². The molecule has 2 N–H and O–H groups in total. The van der Waals surface area contributed by atoms with Crippen LogP contribution in [0, 0.1) is 0 Å². The van der Waals surface area contributed by atoms with Crippen molar-refractivity contribution in [2.45, 2.75) is 41.9 Å². The van der Waals surface area contributed by atoms with Crippen molar-refractivity contribution in [2.24, 2.45) is 0 Å². The molecule has 1 aromatic heterocycles. The Hall–Kier alpha value is -1.80. The molecule has 1 amide bonds. The minimum Gasteiger partial charge on any atom is -0.497 e. The number of anilines is 1. The fraction of sp³-hybridized carbons (Fsp3) is 0.438. The van der Waals surface area contributed by atoms with Gasteiger partial charge in [-0.3, -0.25) is 4.79 Å². The molecule has 0 spiro atoms. The number of amides is 1. The van der Waals surface area contributed by atoms with E-state index >= 15 is 0 Å². The van der Waals surface area contributed by atoms with Crippen LogP contribution in [0.1, 0.15) is 25.3 Å². The van der Waals surface area contributed by atoms with Gasteiger partial charge in [0.15, 0.2) is 4.34 Å². The molecule has 24 heavy (non-hydrogen) atoms. The van der Waals surface area contributed by atoms with Crippen molar-refractivity contribution in [1.82, 2.24) is 15.5 Å². The van der Waals surface area contributed by atoms with E-state index < -0.39 is 0 Å². The molecule has 2 aromatic rings. The van der Waals surface area contributed by atoms with Crippen molar-refractivity contribution >= 4 is 34.1 Å². The van der Waals surface area contributed by atoms with Crippen molar-refractivity contribution in [1.29, 1.82) is 0 Å². The number of carbonyl (C=O) groups excluding carboxylic acids is 1. The van der Waals surface area contributed by atoms with E-state index in [1.165, 1.54) is 23.1 Å². The summed E-state index contributed by atoms with van der Waals surface area (Å²) >= 11 is 2.91. The predicted molar refractivity (Wildman–Crippen MR) is 96.7 cm³/mol. The predicted octanol–water partition coefficient (Wildman–Crippen LogP) is 2.92. The summed E-state index contributed by atoms with van der Waals surface area (Å²) in [6.45, 7) is 2.56. The molecule has 1 saturated carbocycles. The summed E-state index contributed by atoms with van der Waals surface area (Å²) in [6, 6.07) is 8.26. The van der Waals surface area contributed by atoms with Gasteiger partial charge in [0.1, 0.15) is 5.75 Å². The maximum atomic E-state index is 12.0. The number of nitrogens with zero attached hydrogens (tertiary/aromatic N) is 2. The number of hydrogen-bond acceptors (Lipinski definition) is 7. The van der Waals surface area contributed by atoms with Crippen LogP contribution in [-0.2, 0) is 11.3 Å². The first-order chi connectivity index (χ1) is 11.6. The van der Waals surface area contributed by atoms with Crippen LogP contribution in [0.25, 0.3) is 0 Å². The largest absolute Gasteiger partial charge is 0.497 e. The monoisotopic (exact) mass is 364 g/mol. The molecule has 1 aliphatic carbocycles. The van der Waals surface area contributed by atoms with Crippen LogP contribution in [-0.4, -0.2) is 34.5 Å². The number of nitrogens with one attached hydrogen (secondary N) is 2. The molecule has 0 aliphatic heterocycles. The second-order valence-corrected chi connectivity index (χ2v) is 8.18. The molecule has 0 bridgehead atoms. The Morgan fingerprint density at radius 2 is 2.12 bits per heavy atom. The van der Waals surface area contributed by atoms with Crippen molar-refractivity contribution < 1.29 is 9.53 Å². The smallest absolute Gasteiger partial charge is 0.233 e. The summed E-state index contributed by atoms with van der Waals surface area (Å²) in [5, 5.41) is 15.1. The first-order valence-electron chi connectivity index (χ1n) is 7.81. The van der Waals surface area contributed by atoms with Crippen molar-refractivity contribution in [3.8, 4) is 5.75 Å². The lowest BCUT2D eigenvalue weighted by Gasteiger charge is -2.08. The summed E-state index contributed by atoms with van der Waals surface area (Å²) < 4.78 is 5.94. The van der Waals surface area contributed by atoms with Gasteiger partial charge in [-0.2, -0.15) is 0 Å². The van der Waals surface area contributed by atoms with Crippen LogP contribution in [0.3, 0.4) is 0 Å². The first-order valence-corrected chi connectivity index (χ1v) is 9.51. The van der Waals surface area contributed by atoms with Gasteiger partial charge in [-0.25, -0.2) is 0 Å². The minimum atomic E-state index is -0.159. The highest BCUT2D eigenvalue weighted by Gasteiger charge is 2.26. The van der Waals surface area contributed by atoms with Gasteiger partial charge in [-0.15, -0.1) is 10.2 Å². The summed E-state index contributed by atoms with van der Waals surface area (Å²) in [6.07, 6.45) is 2.20. The average molecular weight is 364 g/mol. The van der Waals surface area contributed by atoms with E-state index in [4.69, 9.17) is 4.74 Å². The molecule has 1 fully saturated rings. The molecule has 128 valence electrons. The number of ether oxygens (including phenoxy) is 1. The molecular weight excluding hydrogens is 344 g/mol. The van der Waals surface area contributed by atoms with Crippen molar-refractivity contribution in [3.05, 3.63) is 29.8 Å². The van der Waals surface area contributed by atoms with Crippen LogP contribution in [0.15, 0.2) is 28.6 Å². The van der Waals surface area contributed by atoms with Gasteiger partial charge in [0.05, 0.1) is 12.4 Å². The second kappa shape index (κ2) is 7.85. The summed E-state index contributed by atoms with van der Waals surface area (Å²) in [5.41, 5.74) is 1.14. The summed E-state index contributed by atoms with van der Waals surface area (Å²) in [5.74, 6) is 0.914. The van der Waals surface area contributed by atoms with E-state index in [1.54, 1.807) is 7.11 Å². The fourth-order valence-electron chi connectivity index (χ4n) is 2.00. The molecule has 1 atom stereocenters. The fourth-order valence-corrected chi connectivity index (χ4v) is 3.90. The summed E-state index contributed by atoms with van der Waals surface area (Å²) in [7, 11) is 1.65. The molecule has 6 nitrogen and oxygen atoms in total. The van der Waals surface area contributed by atoms with Crippen LogP contribution < -0.4 is 15.4 Å². The van der Waals surface area contributed by atoms with Crippen LogP contribution in [0.2, 0.25) is 0 Å². The number of aromatic nitrogens is 2. The standard InChI is InChI=1S/C16H20N4O2S2/c1-10(14(21)18-12-5-6-12)23-16-20-19-15(24-16)17-9-11-3-7-13(22-2)8-4-11/h3-4,7-8,10,12H,5-6,9H2,1-2H3,(H,17,19)(H,18,21)/t10-/m1/s1. The number of rotatable bonds is 8. The van der Waals surface area contributed by atoms with Gasteiger partial charge in [0.2, 0.25) is 11.0 Å². The first kappa shape index (κ1) is 17.0. The number of benzene rings is 1. The molecule has 0 radical (unpaired) electrons. The zero-order valence-electron chi connectivity index (χ0n) is 13.6. The molecule has 1 aromatic carbocycles. The molecule has 1 heterocycles. The average Bonchev–Trinajstić information content (AvgIpc) is 3.30. The molecule has 3 rings (SSSR count). The van der Waals surface area contributed by atoms with Gasteiger partial charge in [-0.1, -0.05) is 35.2 Å². The van der Waals surface area contributed by atoms with Crippen molar-refractivity contribution in [3.63, 3.8) is 0 Å². The topological polar surface area (TPSA) is 76.1 Å². The zero-order valence-corrected chi connectivity index (χ0v) is 15.2. The minimum absolute atomic E-state index is 0.0745. The Morgan fingerprint density at radius 1 is 1.38 bits per heavy atom. The molecule has 1 aliphatic rings. The molecule has 8 heteroatoms. The second-order valence-electron chi connectivity index (χ2n) is 5.62. The molecule has 0 saturated heterocycles. The van der Waals surface area contributed by atoms with Gasteiger partial charge in [0, 0.05) is 12.6 Å². The van der Waals surface area contributed by atoms with E-state index in [-0.39, 0.29) is 11.2 Å². The third-order valence-corrected chi connectivity index (χ3v) is 5.65. The number of thioether (sulfide) groups is 1.